The number of methoxy groups -OCH3 is 1. The highest BCUT2D eigenvalue weighted by Crippen LogP contribution is 2.20. The van der Waals surface area contributed by atoms with Crippen molar-refractivity contribution in [3.8, 4) is 5.75 Å². The fraction of sp³-hybridized carbons (Fsp3) is 0.333. The highest BCUT2D eigenvalue weighted by Gasteiger charge is 1.97. The number of nitrogens with one attached hydrogen (secondary N) is 1. The van der Waals surface area contributed by atoms with Gasteiger partial charge in [-0.3, -0.25) is 0 Å². The van der Waals surface area contributed by atoms with Crippen molar-refractivity contribution < 1.29 is 4.74 Å². The zero-order chi connectivity index (χ0) is 10.4. The van der Waals surface area contributed by atoms with Crippen LogP contribution in [0.2, 0.25) is 0 Å². The van der Waals surface area contributed by atoms with Gasteiger partial charge in [0.15, 0.2) is 0 Å². The fourth-order valence-electron chi connectivity index (χ4n) is 1.28. The number of hydrogen-bond donors (Lipinski definition) is 1. The molecule has 0 fully saturated rings. The molecule has 0 atom stereocenters. The molecular weight excluding hydrogens is 174 g/mol. The summed E-state index contributed by atoms with van der Waals surface area (Å²) in [7, 11) is 1.69. The highest BCUT2D eigenvalue weighted by molar-refractivity contribution is 5.51. The molecule has 14 heavy (non-hydrogen) atoms. The van der Waals surface area contributed by atoms with Crippen molar-refractivity contribution in [1.29, 1.82) is 0 Å². The zero-order valence-electron chi connectivity index (χ0n) is 9.00. The van der Waals surface area contributed by atoms with Crippen LogP contribution in [0, 0.1) is 6.92 Å². The monoisotopic (exact) mass is 191 g/mol. The van der Waals surface area contributed by atoms with Crippen LogP contribution in [0.4, 0.5) is 5.69 Å². The SMILES string of the molecule is C/C=C/CNc1ccc(OC)c(C)c1. The van der Waals surface area contributed by atoms with Gasteiger partial charge in [-0.05, 0) is 37.6 Å². The van der Waals surface area contributed by atoms with E-state index in [2.05, 4.69) is 17.5 Å². The average molecular weight is 191 g/mol. The number of ether oxygens (including phenoxy) is 1. The molecule has 0 aliphatic carbocycles. The van der Waals surface area contributed by atoms with Gasteiger partial charge in [0, 0.05) is 12.2 Å². The van der Waals surface area contributed by atoms with Crippen LogP contribution in [0.15, 0.2) is 30.4 Å². The standard InChI is InChI=1S/C12H17NO/c1-4-5-8-13-11-6-7-12(14-3)10(2)9-11/h4-7,9,13H,8H2,1-3H3/b5-4+. The molecule has 0 aromatic heterocycles. The highest BCUT2D eigenvalue weighted by atomic mass is 16.5. The van der Waals surface area contributed by atoms with Crippen LogP contribution < -0.4 is 10.1 Å². The number of hydrogen-bond acceptors (Lipinski definition) is 2. The van der Waals surface area contributed by atoms with E-state index in [4.69, 9.17) is 4.74 Å². The Balaban J connectivity index is 2.66. The van der Waals surface area contributed by atoms with Crippen LogP contribution in [-0.4, -0.2) is 13.7 Å². The summed E-state index contributed by atoms with van der Waals surface area (Å²) >= 11 is 0. The van der Waals surface area contributed by atoms with E-state index in [1.807, 2.05) is 32.1 Å². The van der Waals surface area contributed by atoms with Crippen LogP contribution in [0.25, 0.3) is 0 Å². The number of allylic oxidation sites excluding steroid dienone is 1. The molecule has 2 nitrogen and oxygen atoms in total. The Kier molecular flexibility index (Phi) is 4.05. The topological polar surface area (TPSA) is 21.3 Å². The molecule has 0 aliphatic heterocycles. The number of rotatable bonds is 4. The first-order valence-corrected chi connectivity index (χ1v) is 4.77. The summed E-state index contributed by atoms with van der Waals surface area (Å²) in [5, 5.41) is 3.30. The molecule has 0 heterocycles. The first-order valence-electron chi connectivity index (χ1n) is 4.77. The van der Waals surface area contributed by atoms with Gasteiger partial charge in [0.25, 0.3) is 0 Å². The molecule has 0 unspecified atom stereocenters. The van der Waals surface area contributed by atoms with Gasteiger partial charge in [-0.15, -0.1) is 0 Å². The molecule has 1 aromatic rings. The second-order valence-electron chi connectivity index (χ2n) is 3.13. The van der Waals surface area contributed by atoms with E-state index in [9.17, 15) is 0 Å². The van der Waals surface area contributed by atoms with Gasteiger partial charge >= 0.3 is 0 Å². The molecule has 1 aromatic carbocycles. The van der Waals surface area contributed by atoms with Crippen LogP contribution in [0.3, 0.4) is 0 Å². The van der Waals surface area contributed by atoms with Crippen molar-refractivity contribution in [3.05, 3.63) is 35.9 Å². The zero-order valence-corrected chi connectivity index (χ0v) is 9.00. The predicted octanol–water partition coefficient (Wildman–Crippen LogP) is 2.99. The van der Waals surface area contributed by atoms with Gasteiger partial charge in [0.1, 0.15) is 5.75 Å². The summed E-state index contributed by atoms with van der Waals surface area (Å²) in [5.74, 6) is 0.932. The summed E-state index contributed by atoms with van der Waals surface area (Å²) in [6.45, 7) is 4.92. The number of benzene rings is 1. The quantitative estimate of drug-likeness (QED) is 0.739. The molecule has 1 N–H and O–H groups in total. The van der Waals surface area contributed by atoms with Gasteiger partial charge in [-0.1, -0.05) is 12.2 Å². The van der Waals surface area contributed by atoms with E-state index in [-0.39, 0.29) is 0 Å². The maximum Gasteiger partial charge on any atom is 0.121 e. The Morgan fingerprint density at radius 3 is 2.79 bits per heavy atom. The van der Waals surface area contributed by atoms with Crippen molar-refractivity contribution in [2.45, 2.75) is 13.8 Å². The Morgan fingerprint density at radius 1 is 1.43 bits per heavy atom. The van der Waals surface area contributed by atoms with Crippen LogP contribution in [0.1, 0.15) is 12.5 Å². The predicted molar refractivity (Wildman–Crippen MR) is 61.0 cm³/mol. The Labute approximate surface area is 85.6 Å². The first-order chi connectivity index (χ1) is 6.77. The molecule has 0 saturated carbocycles. The Bertz CT molecular complexity index is 318. The molecule has 0 bridgehead atoms. The number of aryl methyl sites for hydroxylation is 1. The summed E-state index contributed by atoms with van der Waals surface area (Å²) in [6, 6.07) is 6.09. The Morgan fingerprint density at radius 2 is 2.21 bits per heavy atom. The van der Waals surface area contributed by atoms with Gasteiger partial charge in [-0.25, -0.2) is 0 Å². The van der Waals surface area contributed by atoms with E-state index >= 15 is 0 Å². The lowest BCUT2D eigenvalue weighted by Crippen LogP contribution is -1.98. The lowest BCUT2D eigenvalue weighted by Gasteiger charge is -2.08. The minimum atomic E-state index is 0.863. The molecule has 76 valence electrons. The summed E-state index contributed by atoms with van der Waals surface area (Å²) in [4.78, 5) is 0. The lowest BCUT2D eigenvalue weighted by molar-refractivity contribution is 0.412. The average Bonchev–Trinajstić information content (AvgIpc) is 2.18. The Hall–Kier alpha value is -1.44. The molecule has 0 radical (unpaired) electrons. The summed E-state index contributed by atoms with van der Waals surface area (Å²) in [6.07, 6.45) is 4.11. The van der Waals surface area contributed by atoms with Crippen LogP contribution in [-0.2, 0) is 0 Å². The maximum absolute atomic E-state index is 5.18. The van der Waals surface area contributed by atoms with Crippen LogP contribution in [0.5, 0.6) is 5.75 Å². The summed E-state index contributed by atoms with van der Waals surface area (Å²) in [5.41, 5.74) is 2.28. The van der Waals surface area contributed by atoms with Crippen molar-refractivity contribution in [3.63, 3.8) is 0 Å². The smallest absolute Gasteiger partial charge is 0.121 e. The molecule has 0 saturated heterocycles. The molecule has 0 spiro atoms. The minimum Gasteiger partial charge on any atom is -0.496 e. The van der Waals surface area contributed by atoms with Crippen molar-refractivity contribution in [2.24, 2.45) is 0 Å². The second-order valence-corrected chi connectivity index (χ2v) is 3.13. The van der Waals surface area contributed by atoms with Gasteiger partial charge < -0.3 is 10.1 Å². The lowest BCUT2D eigenvalue weighted by atomic mass is 10.2. The van der Waals surface area contributed by atoms with Crippen molar-refractivity contribution in [2.75, 3.05) is 19.0 Å². The number of anilines is 1. The van der Waals surface area contributed by atoms with Crippen LogP contribution >= 0.6 is 0 Å². The largest absolute Gasteiger partial charge is 0.496 e. The third-order valence-electron chi connectivity index (χ3n) is 2.05. The van der Waals surface area contributed by atoms with Crippen molar-refractivity contribution >= 4 is 5.69 Å². The van der Waals surface area contributed by atoms with Crippen molar-refractivity contribution in [1.82, 2.24) is 0 Å². The van der Waals surface area contributed by atoms with E-state index < -0.39 is 0 Å². The minimum absolute atomic E-state index is 0.863. The first kappa shape index (κ1) is 10.6. The normalized spacial score (nSPS) is 10.5. The van der Waals surface area contributed by atoms with E-state index in [1.165, 1.54) is 0 Å². The van der Waals surface area contributed by atoms with E-state index in [0.717, 1.165) is 23.5 Å². The second kappa shape index (κ2) is 5.32. The molecule has 1 rings (SSSR count). The fourth-order valence-corrected chi connectivity index (χ4v) is 1.28. The molecule has 2 heteroatoms. The van der Waals surface area contributed by atoms with Gasteiger partial charge in [-0.2, -0.15) is 0 Å². The summed E-state index contributed by atoms with van der Waals surface area (Å²) < 4.78 is 5.18. The molecular formula is C12H17NO. The molecule has 0 amide bonds. The third kappa shape index (κ3) is 2.80. The van der Waals surface area contributed by atoms with Gasteiger partial charge in [0.05, 0.1) is 7.11 Å². The van der Waals surface area contributed by atoms with E-state index in [1.54, 1.807) is 7.11 Å². The molecule has 0 aliphatic rings. The van der Waals surface area contributed by atoms with E-state index in [0.29, 0.717) is 0 Å². The van der Waals surface area contributed by atoms with Gasteiger partial charge in [0.2, 0.25) is 0 Å². The third-order valence-corrected chi connectivity index (χ3v) is 2.05. The maximum atomic E-state index is 5.18.